The van der Waals surface area contributed by atoms with E-state index in [1.165, 1.54) is 32.1 Å². The Kier molecular flexibility index (Phi) is 3.60. The summed E-state index contributed by atoms with van der Waals surface area (Å²) in [5.41, 5.74) is 0.366. The van der Waals surface area contributed by atoms with Gasteiger partial charge in [0.15, 0.2) is 0 Å². The predicted molar refractivity (Wildman–Crippen MR) is 37.2 cm³/mol. The number of aliphatic hydroxyl groups excluding tert-OH is 1. The molecule has 0 aromatic rings. The second-order valence-electron chi connectivity index (χ2n) is 3.37. The molecule has 1 saturated carbocycles. The molecule has 0 amide bonds. The summed E-state index contributed by atoms with van der Waals surface area (Å²) in [7, 11) is 0. The summed E-state index contributed by atoms with van der Waals surface area (Å²) in [4.78, 5) is 0. The maximum atomic E-state index is 9.58. The van der Waals surface area contributed by atoms with Crippen LogP contribution in [0.2, 0.25) is 0 Å². The van der Waals surface area contributed by atoms with Gasteiger partial charge in [-0.05, 0) is 0 Å². The molecule has 1 fully saturated rings. The van der Waals surface area contributed by atoms with Crippen LogP contribution >= 0.6 is 0 Å². The van der Waals surface area contributed by atoms with Crippen molar-refractivity contribution in [2.45, 2.75) is 40.7 Å². The Balaban J connectivity index is 2.58. The zero-order chi connectivity index (χ0) is 7.61. The van der Waals surface area contributed by atoms with Gasteiger partial charge in [0.2, 0.25) is 0 Å². The standard InChI is InChI=1S/C8H15O.Pr/c1-2-8(7-9)5-3-4-6-8;/h7,9H,2-6H2,1H3;. The first-order valence-corrected chi connectivity index (χ1v) is 6.29. The van der Waals surface area contributed by atoms with Crippen molar-refractivity contribution >= 4 is 0 Å². The van der Waals surface area contributed by atoms with Gasteiger partial charge >= 0.3 is 90.4 Å². The third-order valence-corrected chi connectivity index (χ3v) is 5.20. The Morgan fingerprint density at radius 3 is 2.20 bits per heavy atom. The molecule has 1 nitrogen and oxygen atoms in total. The van der Waals surface area contributed by atoms with Crippen molar-refractivity contribution < 1.29 is 44.3 Å². The maximum absolute atomic E-state index is 9.58. The van der Waals surface area contributed by atoms with Gasteiger partial charge in [-0.3, -0.25) is 0 Å². The molecule has 0 spiro atoms. The summed E-state index contributed by atoms with van der Waals surface area (Å²) >= 11 is 0.753. The fourth-order valence-electron chi connectivity index (χ4n) is 1.94. The topological polar surface area (TPSA) is 20.2 Å². The molecule has 56 valence electrons. The molecule has 0 aromatic carbocycles. The van der Waals surface area contributed by atoms with Gasteiger partial charge in [-0.1, -0.05) is 0 Å². The molecule has 0 heterocycles. The third kappa shape index (κ3) is 1.73. The number of rotatable bonds is 2. The molecular weight excluding hydrogens is 253 g/mol. The molecular formula is C8H15OPr. The van der Waals surface area contributed by atoms with Crippen molar-refractivity contribution in [1.29, 1.82) is 0 Å². The van der Waals surface area contributed by atoms with Crippen molar-refractivity contribution in [3.05, 3.63) is 0 Å². The van der Waals surface area contributed by atoms with Gasteiger partial charge in [0.25, 0.3) is 0 Å². The first kappa shape index (κ1) is 9.41. The molecule has 1 aliphatic rings. The molecule has 1 atom stereocenters. The van der Waals surface area contributed by atoms with Crippen LogP contribution < -0.4 is 0 Å². The predicted octanol–water partition coefficient (Wildman–Crippen LogP) is 1.82. The summed E-state index contributed by atoms with van der Waals surface area (Å²) in [5.74, 6) is 0. The Bertz CT molecular complexity index is 106. The normalized spacial score (nSPS) is 26.5. The van der Waals surface area contributed by atoms with E-state index < -0.39 is 0 Å². The van der Waals surface area contributed by atoms with E-state index in [0.717, 1.165) is 39.2 Å². The van der Waals surface area contributed by atoms with Crippen LogP contribution in [0.3, 0.4) is 0 Å². The van der Waals surface area contributed by atoms with Crippen molar-refractivity contribution in [3.63, 3.8) is 0 Å². The van der Waals surface area contributed by atoms with E-state index >= 15 is 0 Å². The van der Waals surface area contributed by atoms with Crippen LogP contribution in [0.25, 0.3) is 0 Å². The second kappa shape index (κ2) is 3.82. The number of hydrogen-bond acceptors (Lipinski definition) is 1. The van der Waals surface area contributed by atoms with Crippen molar-refractivity contribution in [2.24, 2.45) is 5.41 Å². The van der Waals surface area contributed by atoms with E-state index in [-0.39, 0.29) is 1.69 Å². The molecule has 0 aromatic heterocycles. The van der Waals surface area contributed by atoms with E-state index in [1.807, 2.05) is 0 Å². The molecule has 2 heteroatoms. The van der Waals surface area contributed by atoms with Gasteiger partial charge in [0, 0.05) is 0 Å². The summed E-state index contributed by atoms with van der Waals surface area (Å²) in [6.45, 7) is 2.22. The SMILES string of the molecule is CCC1([CH](O)[Pr])CCCC1. The van der Waals surface area contributed by atoms with Crippen LogP contribution in [0.1, 0.15) is 39.0 Å². The van der Waals surface area contributed by atoms with E-state index in [0.29, 0.717) is 5.41 Å². The van der Waals surface area contributed by atoms with Crippen LogP contribution in [0.5, 0.6) is 0 Å². The van der Waals surface area contributed by atoms with Gasteiger partial charge in [0.1, 0.15) is 0 Å². The first-order chi connectivity index (χ1) is 4.71. The summed E-state index contributed by atoms with van der Waals surface area (Å²) in [6.07, 6.45) is 6.43. The van der Waals surface area contributed by atoms with Crippen LogP contribution in [0, 0.1) is 44.6 Å². The molecule has 0 radical (unpaired) electrons. The van der Waals surface area contributed by atoms with E-state index in [9.17, 15) is 5.11 Å². The first-order valence-electron chi connectivity index (χ1n) is 4.15. The third-order valence-electron chi connectivity index (χ3n) is 2.93. The fourth-order valence-corrected chi connectivity index (χ4v) is 3.76. The zero-order valence-electron chi connectivity index (χ0n) is 6.64. The quantitative estimate of drug-likeness (QED) is 0.810. The van der Waals surface area contributed by atoms with Gasteiger partial charge in [-0.2, -0.15) is 0 Å². The van der Waals surface area contributed by atoms with Gasteiger partial charge in [0.05, 0.1) is 0 Å². The molecule has 1 unspecified atom stereocenters. The fraction of sp³-hybridized carbons (Fsp3) is 1.00. The molecule has 1 rings (SSSR count). The molecule has 1 N–H and O–H groups in total. The van der Waals surface area contributed by atoms with Crippen LogP contribution in [0.4, 0.5) is 0 Å². The molecule has 0 aliphatic heterocycles. The van der Waals surface area contributed by atoms with Crippen molar-refractivity contribution in [3.8, 4) is 0 Å². The van der Waals surface area contributed by atoms with Gasteiger partial charge < -0.3 is 0 Å². The van der Waals surface area contributed by atoms with Gasteiger partial charge in [-0.25, -0.2) is 0 Å². The van der Waals surface area contributed by atoms with Crippen LogP contribution in [0.15, 0.2) is 0 Å². The minimum atomic E-state index is 0.0694. The monoisotopic (exact) mass is 268 g/mol. The van der Waals surface area contributed by atoms with Gasteiger partial charge in [-0.15, -0.1) is 0 Å². The Morgan fingerprint density at radius 2 is 2.00 bits per heavy atom. The number of aliphatic hydroxyl groups is 1. The summed E-state index contributed by atoms with van der Waals surface area (Å²) in [5, 5.41) is 9.58. The zero-order valence-corrected chi connectivity index (χ0v) is 10.3. The molecule has 0 saturated heterocycles. The Morgan fingerprint density at radius 1 is 1.50 bits per heavy atom. The van der Waals surface area contributed by atoms with E-state index in [2.05, 4.69) is 6.92 Å². The van der Waals surface area contributed by atoms with Crippen LogP contribution in [-0.2, 0) is 0 Å². The van der Waals surface area contributed by atoms with Crippen LogP contribution in [-0.4, -0.2) is 6.79 Å². The molecule has 0 bridgehead atoms. The Labute approximate surface area is 89.5 Å². The Hall–Kier alpha value is 1.32. The minimum absolute atomic E-state index is 0.0694. The van der Waals surface area contributed by atoms with Crippen molar-refractivity contribution in [2.75, 3.05) is 0 Å². The van der Waals surface area contributed by atoms with E-state index in [1.54, 1.807) is 0 Å². The molecule has 10 heavy (non-hydrogen) atoms. The average Bonchev–Trinajstić information content (AvgIpc) is 2.35. The summed E-state index contributed by atoms with van der Waals surface area (Å²) in [6, 6.07) is 0. The molecule has 1 aliphatic carbocycles. The second-order valence-corrected chi connectivity index (χ2v) is 5.39. The average molecular weight is 268 g/mol. The van der Waals surface area contributed by atoms with Crippen molar-refractivity contribution in [1.82, 2.24) is 0 Å². The number of hydrogen-bond donors (Lipinski definition) is 1. The summed E-state index contributed by atoms with van der Waals surface area (Å²) < 4.78 is 0.0694. The van der Waals surface area contributed by atoms with E-state index in [4.69, 9.17) is 0 Å².